The number of halogens is 1. The van der Waals surface area contributed by atoms with E-state index in [0.717, 1.165) is 53.9 Å². The topological polar surface area (TPSA) is 73.2 Å². The molecule has 6 nitrogen and oxygen atoms in total. The molecule has 5 atom stereocenters. The molecule has 0 radical (unpaired) electrons. The summed E-state index contributed by atoms with van der Waals surface area (Å²) in [6.07, 6.45) is 5.82. The van der Waals surface area contributed by atoms with Gasteiger partial charge in [-0.25, -0.2) is 0 Å². The van der Waals surface area contributed by atoms with Crippen molar-refractivity contribution in [2.45, 2.75) is 68.1 Å². The van der Waals surface area contributed by atoms with Gasteiger partial charge in [0.1, 0.15) is 6.10 Å². The lowest BCUT2D eigenvalue weighted by molar-refractivity contribution is -0.199. The normalized spacial score (nSPS) is 33.5. The van der Waals surface area contributed by atoms with Crippen LogP contribution in [0, 0.1) is 11.8 Å². The van der Waals surface area contributed by atoms with Crippen LogP contribution in [-0.2, 0) is 23.1 Å². The lowest BCUT2D eigenvalue weighted by Crippen LogP contribution is -2.76. The second-order valence-corrected chi connectivity index (χ2v) is 13.0. The van der Waals surface area contributed by atoms with Gasteiger partial charge >= 0.3 is 0 Å². The molecule has 2 aromatic carbocycles. The van der Waals surface area contributed by atoms with E-state index < -0.39 is 11.0 Å². The van der Waals surface area contributed by atoms with Gasteiger partial charge in [-0.1, -0.05) is 40.2 Å². The van der Waals surface area contributed by atoms with Crippen LogP contribution in [0.1, 0.15) is 48.8 Å². The molecule has 2 aliphatic heterocycles. The van der Waals surface area contributed by atoms with Crippen LogP contribution in [-0.4, -0.2) is 70.3 Å². The van der Waals surface area contributed by atoms with E-state index in [9.17, 15) is 15.0 Å². The van der Waals surface area contributed by atoms with Gasteiger partial charge in [0.05, 0.1) is 17.4 Å². The Balaban J connectivity index is 1.20. The number of ether oxygens (including phenoxy) is 1. The molecule has 3 aliphatic carbocycles. The first-order valence-corrected chi connectivity index (χ1v) is 14.6. The number of rotatable bonds is 6. The number of nitrogens with zero attached hydrogens (tertiary/aromatic N) is 2. The average Bonchev–Trinajstić information content (AvgIpc) is 3.62. The molecule has 0 unspecified atom stereocenters. The number of phenolic OH excluding ortho intramolecular Hbond substituents is 1. The minimum absolute atomic E-state index is 0.0741. The van der Waals surface area contributed by atoms with Crippen molar-refractivity contribution < 1.29 is 19.7 Å². The van der Waals surface area contributed by atoms with E-state index in [1.54, 1.807) is 6.07 Å². The van der Waals surface area contributed by atoms with Gasteiger partial charge in [0.15, 0.2) is 11.5 Å². The Hall–Kier alpha value is -2.09. The van der Waals surface area contributed by atoms with Crippen LogP contribution in [0.25, 0.3) is 0 Å². The predicted octanol–water partition coefficient (Wildman–Crippen LogP) is 4.04. The summed E-state index contributed by atoms with van der Waals surface area (Å²) in [7, 11) is 1.88. The van der Waals surface area contributed by atoms with E-state index in [1.165, 1.54) is 18.4 Å². The lowest BCUT2D eigenvalue weighted by atomic mass is 9.47. The van der Waals surface area contributed by atoms with Crippen molar-refractivity contribution in [3.63, 3.8) is 0 Å². The third-order valence-electron chi connectivity index (χ3n) is 10.1. The molecule has 7 rings (SSSR count). The summed E-state index contributed by atoms with van der Waals surface area (Å²) in [5.74, 6) is 1.67. The van der Waals surface area contributed by atoms with Gasteiger partial charge in [0.25, 0.3) is 0 Å². The van der Waals surface area contributed by atoms with Crippen LogP contribution in [0.4, 0.5) is 0 Å². The van der Waals surface area contributed by atoms with Crippen LogP contribution < -0.4 is 4.74 Å². The number of benzene rings is 2. The number of carbonyl (C=O) groups is 1. The van der Waals surface area contributed by atoms with Crippen LogP contribution in [0.5, 0.6) is 11.5 Å². The summed E-state index contributed by atoms with van der Waals surface area (Å²) < 4.78 is 7.61. The van der Waals surface area contributed by atoms with Crippen molar-refractivity contribution in [3.05, 3.63) is 57.6 Å². The fourth-order valence-electron chi connectivity index (χ4n) is 8.16. The van der Waals surface area contributed by atoms with E-state index in [1.807, 2.05) is 42.3 Å². The summed E-state index contributed by atoms with van der Waals surface area (Å²) in [6, 6.07) is 11.7. The van der Waals surface area contributed by atoms with Gasteiger partial charge in [-0.2, -0.15) is 0 Å². The summed E-state index contributed by atoms with van der Waals surface area (Å²) >= 11 is 3.56. The second-order valence-electron chi connectivity index (χ2n) is 12.1. The fraction of sp³-hybridized carbons (Fsp3) is 0.567. The highest BCUT2D eigenvalue weighted by Gasteiger charge is 2.72. The van der Waals surface area contributed by atoms with Crippen molar-refractivity contribution in [2.75, 3.05) is 26.7 Å². The lowest BCUT2D eigenvalue weighted by Gasteiger charge is -2.64. The molecular formula is C30H35BrN2O4. The number of piperidine rings is 1. The minimum atomic E-state index is -0.884. The predicted molar refractivity (Wildman–Crippen MR) is 144 cm³/mol. The molecule has 5 aliphatic rings. The summed E-state index contributed by atoms with van der Waals surface area (Å²) in [6.45, 7) is 2.60. The molecule has 2 heterocycles. The number of likely N-dealkylation sites (tertiary alicyclic amines) is 1. The molecule has 7 heteroatoms. The third-order valence-corrected chi connectivity index (χ3v) is 10.9. The molecule has 1 amide bonds. The van der Waals surface area contributed by atoms with Crippen LogP contribution in [0.15, 0.2) is 40.9 Å². The Bertz CT molecular complexity index is 1260. The maximum atomic E-state index is 13.2. The first-order valence-electron chi connectivity index (χ1n) is 13.8. The van der Waals surface area contributed by atoms with Gasteiger partial charge in [-0.3, -0.25) is 9.69 Å². The molecule has 2 saturated carbocycles. The number of aliphatic hydroxyl groups is 1. The molecule has 2 bridgehead atoms. The molecular weight excluding hydrogens is 532 g/mol. The molecule has 2 N–H and O–H groups in total. The zero-order valence-electron chi connectivity index (χ0n) is 21.3. The van der Waals surface area contributed by atoms with Crippen LogP contribution >= 0.6 is 15.9 Å². The van der Waals surface area contributed by atoms with Crippen molar-refractivity contribution >= 4 is 21.8 Å². The van der Waals surface area contributed by atoms with Gasteiger partial charge in [0.2, 0.25) is 5.91 Å². The van der Waals surface area contributed by atoms with Crippen molar-refractivity contribution in [2.24, 2.45) is 11.8 Å². The Morgan fingerprint density at radius 1 is 1.19 bits per heavy atom. The highest BCUT2D eigenvalue weighted by molar-refractivity contribution is 9.10. The first-order chi connectivity index (χ1) is 17.8. The van der Waals surface area contributed by atoms with Gasteiger partial charge in [-0.05, 0) is 74.2 Å². The zero-order valence-corrected chi connectivity index (χ0v) is 22.9. The molecule has 37 heavy (non-hydrogen) atoms. The molecule has 1 spiro atoms. The average molecular weight is 568 g/mol. The molecule has 1 saturated heterocycles. The summed E-state index contributed by atoms with van der Waals surface area (Å²) in [4.78, 5) is 17.6. The molecule has 196 valence electrons. The zero-order chi connectivity index (χ0) is 25.5. The van der Waals surface area contributed by atoms with E-state index in [-0.39, 0.29) is 29.7 Å². The Kier molecular flexibility index (Phi) is 5.48. The van der Waals surface area contributed by atoms with Gasteiger partial charge in [0, 0.05) is 42.1 Å². The van der Waals surface area contributed by atoms with Gasteiger partial charge < -0.3 is 19.8 Å². The van der Waals surface area contributed by atoms with E-state index in [0.29, 0.717) is 25.1 Å². The SMILES string of the molecule is CN(C[C@H]1CC[C@@]2(O)[C@H]3Cc4ccc(O)c5c4[C@@]2(CCN3CC2CC2)[C@H]1O5)C(=O)Cc1ccccc1Br. The van der Waals surface area contributed by atoms with Crippen LogP contribution in [0.2, 0.25) is 0 Å². The van der Waals surface area contributed by atoms with Crippen LogP contribution in [0.3, 0.4) is 0 Å². The monoisotopic (exact) mass is 566 g/mol. The number of phenols is 1. The molecule has 2 aromatic rings. The molecule has 0 aromatic heterocycles. The van der Waals surface area contributed by atoms with E-state index in [2.05, 4.69) is 20.8 Å². The third kappa shape index (κ3) is 3.46. The number of hydrogen-bond acceptors (Lipinski definition) is 5. The Morgan fingerprint density at radius 2 is 2.00 bits per heavy atom. The first kappa shape index (κ1) is 24.0. The standard InChI is InChI=1S/C30H35BrN2O4/c1-32(25(35)15-19-4-2-3-5-22(19)31)17-21-10-11-30(36)24-14-20-8-9-23(34)27-26(20)29(30,28(21)37-27)12-13-33(24)16-18-6-7-18/h2-5,8-9,18,21,24,28,34,36H,6-7,10-17H2,1H3/t21-,24-,28+,29+,30-/m1/s1. The van der Waals surface area contributed by atoms with Crippen molar-refractivity contribution in [3.8, 4) is 11.5 Å². The largest absolute Gasteiger partial charge is 0.504 e. The minimum Gasteiger partial charge on any atom is -0.504 e. The summed E-state index contributed by atoms with van der Waals surface area (Å²) in [5.41, 5.74) is 1.83. The maximum absolute atomic E-state index is 13.2. The molecule has 3 fully saturated rings. The number of amides is 1. The van der Waals surface area contributed by atoms with E-state index in [4.69, 9.17) is 4.74 Å². The number of carbonyl (C=O) groups excluding carboxylic acids is 1. The van der Waals surface area contributed by atoms with Crippen molar-refractivity contribution in [1.29, 1.82) is 0 Å². The summed E-state index contributed by atoms with van der Waals surface area (Å²) in [5, 5.41) is 23.4. The fourth-order valence-corrected chi connectivity index (χ4v) is 8.59. The van der Waals surface area contributed by atoms with Gasteiger partial charge in [-0.15, -0.1) is 0 Å². The van der Waals surface area contributed by atoms with Crippen molar-refractivity contribution in [1.82, 2.24) is 9.80 Å². The van der Waals surface area contributed by atoms with E-state index >= 15 is 0 Å². The smallest absolute Gasteiger partial charge is 0.226 e. The Labute approximate surface area is 226 Å². The Morgan fingerprint density at radius 3 is 2.78 bits per heavy atom. The second kappa shape index (κ2) is 8.45. The number of aromatic hydroxyl groups is 1. The highest BCUT2D eigenvalue weighted by Crippen LogP contribution is 2.66. The quantitative estimate of drug-likeness (QED) is 0.552. The number of likely N-dealkylation sites (N-methyl/N-ethyl adjacent to an activating group) is 1. The highest BCUT2D eigenvalue weighted by atomic mass is 79.9. The number of hydrogen-bond donors (Lipinski definition) is 2. The maximum Gasteiger partial charge on any atom is 0.226 e.